The third-order valence-electron chi connectivity index (χ3n) is 6.31. The standard InChI is InChI=1S/C29H32ClNO7/c1-3-36-22-10-7-18(8-11-22)13-20-14-19(9-12-24(20)30)29-28(35)27(34)26(33)25(38-29)16-37-23-6-4-5-21(15-23)31-17(2)32/h4-12,14-15,25-29,33-35H,3,13,16H2,1-2H3,(H,31,32). The van der Waals surface area contributed by atoms with E-state index < -0.39 is 30.5 Å². The molecule has 38 heavy (non-hydrogen) atoms. The van der Waals surface area contributed by atoms with Gasteiger partial charge in [0.15, 0.2) is 0 Å². The van der Waals surface area contributed by atoms with E-state index >= 15 is 0 Å². The molecule has 1 aliphatic heterocycles. The van der Waals surface area contributed by atoms with Gasteiger partial charge in [-0.25, -0.2) is 0 Å². The molecule has 0 spiro atoms. The molecule has 5 unspecified atom stereocenters. The number of rotatable bonds is 9. The van der Waals surface area contributed by atoms with Gasteiger partial charge in [-0.3, -0.25) is 4.79 Å². The molecule has 0 radical (unpaired) electrons. The van der Waals surface area contributed by atoms with Gasteiger partial charge in [0.2, 0.25) is 5.91 Å². The van der Waals surface area contributed by atoms with Crippen LogP contribution in [-0.2, 0) is 16.0 Å². The van der Waals surface area contributed by atoms with E-state index in [9.17, 15) is 20.1 Å². The van der Waals surface area contributed by atoms with Crippen LogP contribution >= 0.6 is 11.6 Å². The average molecular weight is 542 g/mol. The second-order valence-electron chi connectivity index (χ2n) is 9.19. The first-order valence-electron chi connectivity index (χ1n) is 12.4. The normalized spacial score (nSPS) is 23.1. The highest BCUT2D eigenvalue weighted by molar-refractivity contribution is 6.31. The van der Waals surface area contributed by atoms with E-state index in [2.05, 4.69) is 5.32 Å². The zero-order chi connectivity index (χ0) is 27.2. The van der Waals surface area contributed by atoms with Crippen LogP contribution in [-0.4, -0.2) is 58.9 Å². The minimum Gasteiger partial charge on any atom is -0.494 e. The molecule has 1 aliphatic rings. The number of carbonyl (C=O) groups excluding carboxylic acids is 1. The number of hydrogen-bond donors (Lipinski definition) is 4. The lowest BCUT2D eigenvalue weighted by Gasteiger charge is -2.40. The quantitative estimate of drug-likeness (QED) is 0.324. The largest absolute Gasteiger partial charge is 0.494 e. The van der Waals surface area contributed by atoms with Crippen molar-refractivity contribution < 1.29 is 34.3 Å². The van der Waals surface area contributed by atoms with Crippen molar-refractivity contribution >= 4 is 23.2 Å². The molecule has 3 aromatic rings. The van der Waals surface area contributed by atoms with Gasteiger partial charge >= 0.3 is 0 Å². The number of aliphatic hydroxyl groups is 3. The van der Waals surface area contributed by atoms with E-state index in [0.717, 1.165) is 16.9 Å². The molecule has 1 saturated heterocycles. The summed E-state index contributed by atoms with van der Waals surface area (Å²) in [4.78, 5) is 11.3. The number of aliphatic hydroxyl groups excluding tert-OH is 3. The molecular weight excluding hydrogens is 510 g/mol. The lowest BCUT2D eigenvalue weighted by Crippen LogP contribution is -2.55. The van der Waals surface area contributed by atoms with Gasteiger partial charge in [0.25, 0.3) is 0 Å². The topological polar surface area (TPSA) is 117 Å². The van der Waals surface area contributed by atoms with E-state index in [1.807, 2.05) is 37.3 Å². The maximum absolute atomic E-state index is 11.3. The molecule has 1 fully saturated rings. The van der Waals surface area contributed by atoms with E-state index in [1.165, 1.54) is 6.92 Å². The fourth-order valence-corrected chi connectivity index (χ4v) is 4.59. The van der Waals surface area contributed by atoms with Crippen LogP contribution in [0.3, 0.4) is 0 Å². The van der Waals surface area contributed by atoms with Crippen LogP contribution in [0.5, 0.6) is 11.5 Å². The Kier molecular flexibility index (Phi) is 9.25. The summed E-state index contributed by atoms with van der Waals surface area (Å²) in [6, 6.07) is 19.8. The summed E-state index contributed by atoms with van der Waals surface area (Å²) >= 11 is 6.48. The molecule has 0 aliphatic carbocycles. The van der Waals surface area contributed by atoms with Crippen molar-refractivity contribution in [2.24, 2.45) is 0 Å². The smallest absolute Gasteiger partial charge is 0.221 e. The first-order valence-corrected chi connectivity index (χ1v) is 12.8. The van der Waals surface area contributed by atoms with Crippen molar-refractivity contribution in [2.75, 3.05) is 18.5 Å². The third-order valence-corrected chi connectivity index (χ3v) is 6.68. The number of benzene rings is 3. The van der Waals surface area contributed by atoms with Gasteiger partial charge in [-0.2, -0.15) is 0 Å². The highest BCUT2D eigenvalue weighted by Gasteiger charge is 2.44. The number of ether oxygens (including phenoxy) is 3. The van der Waals surface area contributed by atoms with Crippen LogP contribution in [0.15, 0.2) is 66.7 Å². The maximum atomic E-state index is 11.3. The van der Waals surface area contributed by atoms with Gasteiger partial charge < -0.3 is 34.8 Å². The molecule has 0 aromatic heterocycles. The van der Waals surface area contributed by atoms with Crippen LogP contribution in [0.25, 0.3) is 0 Å². The van der Waals surface area contributed by atoms with E-state index in [1.54, 1.807) is 36.4 Å². The fourth-order valence-electron chi connectivity index (χ4n) is 4.41. The molecule has 1 heterocycles. The van der Waals surface area contributed by atoms with Crippen molar-refractivity contribution in [3.05, 3.63) is 88.4 Å². The van der Waals surface area contributed by atoms with Gasteiger partial charge in [-0.05, 0) is 60.4 Å². The van der Waals surface area contributed by atoms with Crippen LogP contribution in [0.4, 0.5) is 5.69 Å². The van der Waals surface area contributed by atoms with Crippen molar-refractivity contribution in [1.82, 2.24) is 0 Å². The van der Waals surface area contributed by atoms with Crippen LogP contribution in [0.2, 0.25) is 5.02 Å². The Hall–Kier alpha value is -3.14. The second-order valence-corrected chi connectivity index (χ2v) is 9.60. The average Bonchev–Trinajstić information content (AvgIpc) is 2.89. The highest BCUT2D eigenvalue weighted by Crippen LogP contribution is 2.35. The van der Waals surface area contributed by atoms with Gasteiger partial charge in [-0.15, -0.1) is 0 Å². The Bertz CT molecular complexity index is 1240. The van der Waals surface area contributed by atoms with Crippen molar-refractivity contribution in [1.29, 1.82) is 0 Å². The minimum atomic E-state index is -1.45. The maximum Gasteiger partial charge on any atom is 0.221 e. The summed E-state index contributed by atoms with van der Waals surface area (Å²) < 4.78 is 17.4. The molecule has 202 valence electrons. The van der Waals surface area contributed by atoms with E-state index in [4.69, 9.17) is 25.8 Å². The summed E-state index contributed by atoms with van der Waals surface area (Å²) in [6.45, 7) is 3.84. The number of amides is 1. The zero-order valence-corrected chi connectivity index (χ0v) is 22.0. The van der Waals surface area contributed by atoms with Gasteiger partial charge in [-0.1, -0.05) is 41.9 Å². The zero-order valence-electron chi connectivity index (χ0n) is 21.2. The van der Waals surface area contributed by atoms with Gasteiger partial charge in [0.05, 0.1) is 6.61 Å². The van der Waals surface area contributed by atoms with E-state index in [0.29, 0.717) is 35.1 Å². The second kappa shape index (κ2) is 12.6. The Balaban J connectivity index is 1.48. The highest BCUT2D eigenvalue weighted by atomic mass is 35.5. The first-order chi connectivity index (χ1) is 18.2. The molecule has 4 N–H and O–H groups in total. The van der Waals surface area contributed by atoms with Gasteiger partial charge in [0.1, 0.15) is 48.6 Å². The SMILES string of the molecule is CCOc1ccc(Cc2cc(C3OC(COc4cccc(NC(C)=O)c4)C(O)C(O)C3O)ccc2Cl)cc1. The molecule has 0 bridgehead atoms. The van der Waals surface area contributed by atoms with Crippen LogP contribution in [0, 0.1) is 0 Å². The number of anilines is 1. The summed E-state index contributed by atoms with van der Waals surface area (Å²) in [5.74, 6) is 1.03. The van der Waals surface area contributed by atoms with Crippen LogP contribution in [0.1, 0.15) is 36.6 Å². The minimum absolute atomic E-state index is 0.0857. The summed E-state index contributed by atoms with van der Waals surface area (Å²) in [5.41, 5.74) is 3.04. The van der Waals surface area contributed by atoms with Crippen LogP contribution < -0.4 is 14.8 Å². The molecule has 9 heteroatoms. The Morgan fingerprint density at radius 2 is 1.71 bits per heavy atom. The number of hydrogen-bond acceptors (Lipinski definition) is 7. The monoisotopic (exact) mass is 541 g/mol. The number of halogens is 1. The Morgan fingerprint density at radius 3 is 2.42 bits per heavy atom. The lowest BCUT2D eigenvalue weighted by molar-refractivity contribution is -0.230. The van der Waals surface area contributed by atoms with Crippen molar-refractivity contribution in [3.8, 4) is 11.5 Å². The number of carbonyl (C=O) groups is 1. The predicted octanol–water partition coefficient (Wildman–Crippen LogP) is 3.89. The predicted molar refractivity (Wildman–Crippen MR) is 144 cm³/mol. The van der Waals surface area contributed by atoms with Gasteiger partial charge in [0, 0.05) is 23.7 Å². The molecule has 4 rings (SSSR count). The molecule has 5 atom stereocenters. The third kappa shape index (κ3) is 6.83. The fraction of sp³-hybridized carbons (Fsp3) is 0.345. The molecular formula is C29H32ClNO7. The summed E-state index contributed by atoms with van der Waals surface area (Å²) in [6.07, 6.45) is -5.46. The molecule has 0 saturated carbocycles. The molecule has 1 amide bonds. The Labute approximate surface area is 226 Å². The molecule has 3 aromatic carbocycles. The summed E-state index contributed by atoms with van der Waals surface area (Å²) in [7, 11) is 0. The Morgan fingerprint density at radius 1 is 0.947 bits per heavy atom. The molecule has 8 nitrogen and oxygen atoms in total. The lowest BCUT2D eigenvalue weighted by atomic mass is 9.90. The summed E-state index contributed by atoms with van der Waals surface area (Å²) in [5, 5.41) is 35.2. The van der Waals surface area contributed by atoms with E-state index in [-0.39, 0.29) is 12.5 Å². The number of nitrogens with one attached hydrogen (secondary N) is 1. The van der Waals surface area contributed by atoms with Crippen molar-refractivity contribution in [3.63, 3.8) is 0 Å². The van der Waals surface area contributed by atoms with Crippen molar-refractivity contribution in [2.45, 2.75) is 50.8 Å². The first kappa shape index (κ1) is 27.9.